The zero-order valence-electron chi connectivity index (χ0n) is 36.8. The molecule has 0 rings (SSSR count). The lowest BCUT2D eigenvalue weighted by Crippen LogP contribution is -2.30. The number of unbranched alkanes of at least 4 members (excludes halogenated alkanes) is 26. The van der Waals surface area contributed by atoms with Gasteiger partial charge in [-0.2, -0.15) is 0 Å². The van der Waals surface area contributed by atoms with Crippen molar-refractivity contribution in [2.75, 3.05) is 13.2 Å². The first-order chi connectivity index (χ1) is 26.3. The molecule has 0 aromatic heterocycles. The van der Waals surface area contributed by atoms with Gasteiger partial charge < -0.3 is 14.2 Å². The predicted octanol–water partition coefficient (Wildman–Crippen LogP) is 15.0. The molecular formula is C48H92O6. The summed E-state index contributed by atoms with van der Waals surface area (Å²) in [6.07, 6.45) is 39.7. The van der Waals surface area contributed by atoms with Gasteiger partial charge >= 0.3 is 17.9 Å². The van der Waals surface area contributed by atoms with Crippen molar-refractivity contribution in [3.05, 3.63) is 0 Å². The van der Waals surface area contributed by atoms with Crippen LogP contribution < -0.4 is 0 Å². The van der Waals surface area contributed by atoms with E-state index in [0.29, 0.717) is 19.3 Å². The van der Waals surface area contributed by atoms with Gasteiger partial charge in [0.1, 0.15) is 13.2 Å². The van der Waals surface area contributed by atoms with Crippen LogP contribution in [0, 0.1) is 11.8 Å². The average molecular weight is 765 g/mol. The molecule has 6 heteroatoms. The zero-order chi connectivity index (χ0) is 39.7. The first-order valence-corrected chi connectivity index (χ1v) is 23.8. The predicted molar refractivity (Wildman–Crippen MR) is 229 cm³/mol. The molecule has 0 N–H and O–H groups in total. The van der Waals surface area contributed by atoms with Crippen LogP contribution in [0.5, 0.6) is 0 Å². The van der Waals surface area contributed by atoms with Crippen molar-refractivity contribution in [3.8, 4) is 0 Å². The third kappa shape index (κ3) is 40.1. The molecule has 54 heavy (non-hydrogen) atoms. The number of carbonyl (C=O) groups is 3. The van der Waals surface area contributed by atoms with Crippen molar-refractivity contribution in [1.82, 2.24) is 0 Å². The Morgan fingerprint density at radius 2 is 0.704 bits per heavy atom. The third-order valence-corrected chi connectivity index (χ3v) is 11.1. The molecule has 6 nitrogen and oxygen atoms in total. The molecule has 0 radical (unpaired) electrons. The highest BCUT2D eigenvalue weighted by atomic mass is 16.6. The molecule has 1 unspecified atom stereocenters. The fourth-order valence-electron chi connectivity index (χ4n) is 7.07. The summed E-state index contributed by atoms with van der Waals surface area (Å²) in [5, 5.41) is 0. The highest BCUT2D eigenvalue weighted by Gasteiger charge is 2.19. The van der Waals surface area contributed by atoms with Gasteiger partial charge in [-0.15, -0.1) is 0 Å². The van der Waals surface area contributed by atoms with Crippen LogP contribution in [0.1, 0.15) is 259 Å². The van der Waals surface area contributed by atoms with Crippen molar-refractivity contribution < 1.29 is 28.6 Å². The van der Waals surface area contributed by atoms with E-state index in [1.54, 1.807) is 0 Å². The number of carbonyl (C=O) groups excluding carboxylic acids is 3. The fraction of sp³-hybridized carbons (Fsp3) is 0.938. The second-order valence-electron chi connectivity index (χ2n) is 17.1. The van der Waals surface area contributed by atoms with Crippen LogP contribution in [0.25, 0.3) is 0 Å². The molecule has 0 aromatic rings. The molecule has 0 bridgehead atoms. The molecule has 320 valence electrons. The largest absolute Gasteiger partial charge is 0.462 e. The Morgan fingerprint density at radius 1 is 0.389 bits per heavy atom. The first kappa shape index (κ1) is 52.4. The lowest BCUT2D eigenvalue weighted by atomic mass is 9.99. The molecule has 0 aliphatic rings. The molecule has 0 saturated heterocycles. The summed E-state index contributed by atoms with van der Waals surface area (Å²) in [7, 11) is 0. The van der Waals surface area contributed by atoms with E-state index in [0.717, 1.165) is 76.0 Å². The summed E-state index contributed by atoms with van der Waals surface area (Å²) >= 11 is 0. The molecule has 0 aliphatic carbocycles. The summed E-state index contributed by atoms with van der Waals surface area (Å²) in [5.41, 5.74) is 0. The van der Waals surface area contributed by atoms with Crippen LogP contribution in [-0.2, 0) is 28.6 Å². The molecule has 0 aromatic carbocycles. The maximum atomic E-state index is 12.5. The lowest BCUT2D eigenvalue weighted by molar-refractivity contribution is -0.167. The van der Waals surface area contributed by atoms with Gasteiger partial charge in [-0.3, -0.25) is 14.4 Å². The van der Waals surface area contributed by atoms with E-state index < -0.39 is 6.10 Å². The minimum absolute atomic E-state index is 0.0658. The van der Waals surface area contributed by atoms with Gasteiger partial charge in [0.25, 0.3) is 0 Å². The van der Waals surface area contributed by atoms with Gasteiger partial charge in [0.05, 0.1) is 0 Å². The van der Waals surface area contributed by atoms with Gasteiger partial charge in [-0.05, 0) is 31.1 Å². The van der Waals surface area contributed by atoms with Crippen molar-refractivity contribution >= 4 is 17.9 Å². The third-order valence-electron chi connectivity index (χ3n) is 11.1. The minimum Gasteiger partial charge on any atom is -0.462 e. The van der Waals surface area contributed by atoms with E-state index in [9.17, 15) is 14.4 Å². The molecule has 0 aliphatic heterocycles. The smallest absolute Gasteiger partial charge is 0.306 e. The van der Waals surface area contributed by atoms with E-state index >= 15 is 0 Å². The van der Waals surface area contributed by atoms with Crippen LogP contribution in [-0.4, -0.2) is 37.2 Å². The van der Waals surface area contributed by atoms with E-state index in [-0.39, 0.29) is 31.1 Å². The maximum Gasteiger partial charge on any atom is 0.306 e. The van der Waals surface area contributed by atoms with Crippen LogP contribution in [0.4, 0.5) is 0 Å². The number of ether oxygens (including phenoxy) is 3. The number of esters is 3. The van der Waals surface area contributed by atoms with Crippen molar-refractivity contribution in [3.63, 3.8) is 0 Å². The summed E-state index contributed by atoms with van der Waals surface area (Å²) in [6, 6.07) is 0. The lowest BCUT2D eigenvalue weighted by Gasteiger charge is -2.18. The highest BCUT2D eigenvalue weighted by Crippen LogP contribution is 2.17. The summed E-state index contributed by atoms with van der Waals surface area (Å²) in [4.78, 5) is 37.5. The van der Waals surface area contributed by atoms with E-state index in [4.69, 9.17) is 14.2 Å². The van der Waals surface area contributed by atoms with Crippen molar-refractivity contribution in [2.45, 2.75) is 265 Å². The average Bonchev–Trinajstić information content (AvgIpc) is 3.15. The molecule has 0 heterocycles. The molecule has 0 fully saturated rings. The molecular weight excluding hydrogens is 673 g/mol. The minimum atomic E-state index is -0.758. The Hall–Kier alpha value is -1.59. The van der Waals surface area contributed by atoms with E-state index in [1.165, 1.54) is 141 Å². The highest BCUT2D eigenvalue weighted by molar-refractivity contribution is 5.71. The van der Waals surface area contributed by atoms with Crippen LogP contribution in [0.2, 0.25) is 0 Å². The Kier molecular flexibility index (Phi) is 39.8. The standard InChI is InChI=1S/C48H92O6/c1-6-8-9-26-35-40-48(51)54-45(42-53-47(50)39-34-30-25-21-17-16-18-22-27-31-36-43(3)4)41-52-46(49)38-33-29-24-20-15-13-11-10-12-14-19-23-28-32-37-44(5)7-2/h43-45H,6-42H2,1-5H3/t44?,45-/m1/s1. The van der Waals surface area contributed by atoms with Gasteiger partial charge in [-0.1, -0.05) is 221 Å². The molecule has 0 spiro atoms. The van der Waals surface area contributed by atoms with Gasteiger partial charge in [-0.25, -0.2) is 0 Å². The van der Waals surface area contributed by atoms with Crippen LogP contribution >= 0.6 is 0 Å². The molecule has 0 amide bonds. The number of hydrogen-bond donors (Lipinski definition) is 0. The summed E-state index contributed by atoms with van der Waals surface area (Å²) < 4.78 is 16.6. The quantitative estimate of drug-likeness (QED) is 0.0350. The number of hydrogen-bond acceptors (Lipinski definition) is 6. The summed E-state index contributed by atoms with van der Waals surface area (Å²) in [5.74, 6) is 0.845. The van der Waals surface area contributed by atoms with Crippen molar-refractivity contribution in [1.29, 1.82) is 0 Å². The van der Waals surface area contributed by atoms with E-state index in [1.807, 2.05) is 0 Å². The van der Waals surface area contributed by atoms with E-state index in [2.05, 4.69) is 34.6 Å². The maximum absolute atomic E-state index is 12.5. The number of rotatable bonds is 42. The zero-order valence-corrected chi connectivity index (χ0v) is 36.8. The molecule has 0 saturated carbocycles. The van der Waals surface area contributed by atoms with Gasteiger partial charge in [0, 0.05) is 19.3 Å². The second-order valence-corrected chi connectivity index (χ2v) is 17.1. The normalized spacial score (nSPS) is 12.6. The Labute approximate surface area is 336 Å². The Bertz CT molecular complexity index is 826. The second kappa shape index (κ2) is 41.1. The van der Waals surface area contributed by atoms with Gasteiger partial charge in [0.15, 0.2) is 6.10 Å². The van der Waals surface area contributed by atoms with Crippen LogP contribution in [0.15, 0.2) is 0 Å². The Balaban J connectivity index is 4.10. The van der Waals surface area contributed by atoms with Gasteiger partial charge in [0.2, 0.25) is 0 Å². The SMILES string of the molecule is CCCCCCCC(=O)O[C@H](COC(=O)CCCCCCCCCCCCCCCCC(C)CC)COC(=O)CCCCCCCCCCCCC(C)C. The Morgan fingerprint density at radius 3 is 1.06 bits per heavy atom. The van der Waals surface area contributed by atoms with Crippen molar-refractivity contribution in [2.24, 2.45) is 11.8 Å². The fourth-order valence-corrected chi connectivity index (χ4v) is 7.07. The first-order valence-electron chi connectivity index (χ1n) is 23.8. The topological polar surface area (TPSA) is 78.9 Å². The summed E-state index contributed by atoms with van der Waals surface area (Å²) in [6.45, 7) is 11.3. The molecule has 2 atom stereocenters. The monoisotopic (exact) mass is 765 g/mol. The van der Waals surface area contributed by atoms with Crippen LogP contribution in [0.3, 0.4) is 0 Å².